The topological polar surface area (TPSA) is 0 Å². The van der Waals surface area contributed by atoms with E-state index in [9.17, 15) is 0 Å². The van der Waals surface area contributed by atoms with E-state index in [0.717, 1.165) is 0 Å². The number of hydrogen-bond acceptors (Lipinski definition) is 0. The van der Waals surface area contributed by atoms with Gasteiger partial charge in [0.05, 0.1) is 0 Å². The Bertz CT molecular complexity index is 3.61. The summed E-state index contributed by atoms with van der Waals surface area (Å²) in [7, 11) is 0. The molecule has 0 aromatic carbocycles. The van der Waals surface area contributed by atoms with Crippen LogP contribution in [-0.2, 0) is 17.1 Å². The molecule has 1 radical (unpaired) electrons. The van der Waals surface area contributed by atoms with Gasteiger partial charge in [-0.15, -0.1) is 0 Å². The Hall–Kier alpha value is 4.52. The SMILES string of the molecule is [Fe+3].[Na+].[Na+].[Na+].[Na+]. The fourth-order valence-electron chi connectivity index (χ4n) is 0. The molecule has 0 aliphatic rings. The summed E-state index contributed by atoms with van der Waals surface area (Å²) in [5, 5.41) is 0. The normalized spacial score (nSPS) is 0. The van der Waals surface area contributed by atoms with Crippen LogP contribution in [0, 0.1) is 0 Å². The molecule has 0 N–H and O–H groups in total. The monoisotopic (exact) mass is 148 g/mol. The second-order valence-corrected chi connectivity index (χ2v) is 0. The van der Waals surface area contributed by atoms with Crippen molar-refractivity contribution in [3.8, 4) is 0 Å². The maximum atomic E-state index is 0. The maximum absolute atomic E-state index is 0. The molecule has 0 nitrogen and oxygen atoms in total. The standard InChI is InChI=1S/Fe.4Na/q+3;4*+1. The van der Waals surface area contributed by atoms with E-state index in [1.807, 2.05) is 0 Å². The van der Waals surface area contributed by atoms with Gasteiger partial charge >= 0.3 is 135 Å². The molecule has 5 valence electrons. The molecule has 0 atom stereocenters. The Balaban J connectivity index is 0. The van der Waals surface area contributed by atoms with Gasteiger partial charge in [-0.25, -0.2) is 0 Å². The summed E-state index contributed by atoms with van der Waals surface area (Å²) < 4.78 is 0. The van der Waals surface area contributed by atoms with E-state index in [4.69, 9.17) is 0 Å². The molecular weight excluding hydrogens is 148 g/mol. The van der Waals surface area contributed by atoms with Crippen LogP contribution in [0.15, 0.2) is 0 Å². The van der Waals surface area contributed by atoms with Gasteiger partial charge in [0.15, 0.2) is 0 Å². The van der Waals surface area contributed by atoms with Gasteiger partial charge < -0.3 is 0 Å². The third kappa shape index (κ3) is 17.7. The zero-order valence-electron chi connectivity index (χ0n) is 4.35. The second kappa shape index (κ2) is 23.6. The summed E-state index contributed by atoms with van der Waals surface area (Å²) in [6, 6.07) is 0. The summed E-state index contributed by atoms with van der Waals surface area (Å²) in [6.45, 7) is 0. The average molecular weight is 148 g/mol. The molecule has 0 heterocycles. The van der Waals surface area contributed by atoms with Crippen molar-refractivity contribution in [2.24, 2.45) is 0 Å². The van der Waals surface area contributed by atoms with E-state index in [1.54, 1.807) is 0 Å². The van der Waals surface area contributed by atoms with Crippen molar-refractivity contribution in [3.63, 3.8) is 0 Å². The molecule has 0 bridgehead atoms. The van der Waals surface area contributed by atoms with Crippen molar-refractivity contribution >= 4 is 0 Å². The zero-order valence-corrected chi connectivity index (χ0v) is 13.5. The molecule has 5 heteroatoms. The van der Waals surface area contributed by atoms with E-state index >= 15 is 0 Å². The van der Waals surface area contributed by atoms with Crippen molar-refractivity contribution in [2.75, 3.05) is 0 Å². The van der Waals surface area contributed by atoms with Crippen molar-refractivity contribution in [1.29, 1.82) is 0 Å². The Morgan fingerprint density at radius 1 is 0.400 bits per heavy atom. The third-order valence-corrected chi connectivity index (χ3v) is 0. The summed E-state index contributed by atoms with van der Waals surface area (Å²) in [4.78, 5) is 0. The first-order valence-corrected chi connectivity index (χ1v) is 0. The molecule has 0 spiro atoms. The number of rotatable bonds is 0. The van der Waals surface area contributed by atoms with Crippen molar-refractivity contribution < 1.29 is 135 Å². The van der Waals surface area contributed by atoms with Gasteiger partial charge in [0.1, 0.15) is 0 Å². The summed E-state index contributed by atoms with van der Waals surface area (Å²) in [5.41, 5.74) is 0. The van der Waals surface area contributed by atoms with Crippen LogP contribution in [0.3, 0.4) is 0 Å². The van der Waals surface area contributed by atoms with Gasteiger partial charge in [-0.05, 0) is 0 Å². The largest absolute Gasteiger partial charge is 3.00 e. The molecule has 0 saturated carbocycles. The van der Waals surface area contributed by atoms with Crippen LogP contribution in [0.2, 0.25) is 0 Å². The van der Waals surface area contributed by atoms with Gasteiger partial charge in [-0.1, -0.05) is 0 Å². The Kier molecular flexibility index (Phi) is 160. The average Bonchev–Trinajstić information content (AvgIpc) is 0. The van der Waals surface area contributed by atoms with Gasteiger partial charge in [0, 0.05) is 0 Å². The summed E-state index contributed by atoms with van der Waals surface area (Å²) in [5.74, 6) is 0. The van der Waals surface area contributed by atoms with Crippen LogP contribution in [0.5, 0.6) is 0 Å². The van der Waals surface area contributed by atoms with Crippen LogP contribution >= 0.6 is 0 Å². The molecule has 0 amide bonds. The quantitative estimate of drug-likeness (QED) is 0.299. The predicted octanol–water partition coefficient (Wildman–Crippen LogP) is -12.0. The van der Waals surface area contributed by atoms with E-state index in [0.29, 0.717) is 0 Å². The maximum Gasteiger partial charge on any atom is 3.00 e. The van der Waals surface area contributed by atoms with Crippen LogP contribution in [0.1, 0.15) is 0 Å². The molecule has 0 rings (SSSR count). The van der Waals surface area contributed by atoms with E-state index in [2.05, 4.69) is 0 Å². The van der Waals surface area contributed by atoms with E-state index in [1.165, 1.54) is 0 Å². The smallest absolute Gasteiger partial charge is 1.00 e. The second-order valence-electron chi connectivity index (χ2n) is 0. The van der Waals surface area contributed by atoms with Crippen LogP contribution in [0.4, 0.5) is 0 Å². The van der Waals surface area contributed by atoms with Gasteiger partial charge in [-0.3, -0.25) is 0 Å². The summed E-state index contributed by atoms with van der Waals surface area (Å²) >= 11 is 0. The first-order valence-electron chi connectivity index (χ1n) is 0. The fourth-order valence-corrected chi connectivity index (χ4v) is 0. The molecule has 0 aromatic rings. The molecule has 0 aromatic heterocycles. The third-order valence-electron chi connectivity index (χ3n) is 0. The van der Waals surface area contributed by atoms with Crippen LogP contribution in [-0.4, -0.2) is 0 Å². The van der Waals surface area contributed by atoms with E-state index in [-0.39, 0.29) is 135 Å². The Morgan fingerprint density at radius 2 is 0.400 bits per heavy atom. The number of hydrogen-bond donors (Lipinski definition) is 0. The Labute approximate surface area is 132 Å². The predicted molar refractivity (Wildman–Crippen MR) is 0 cm³/mol. The Morgan fingerprint density at radius 3 is 0.400 bits per heavy atom. The first-order chi connectivity index (χ1) is 0. The molecule has 0 saturated heterocycles. The molecule has 0 aliphatic carbocycles. The minimum Gasteiger partial charge on any atom is 1.00 e. The van der Waals surface area contributed by atoms with Crippen molar-refractivity contribution in [1.82, 2.24) is 0 Å². The van der Waals surface area contributed by atoms with Gasteiger partial charge in [-0.2, -0.15) is 0 Å². The molecule has 5 heavy (non-hydrogen) atoms. The van der Waals surface area contributed by atoms with Gasteiger partial charge in [0.2, 0.25) is 0 Å². The van der Waals surface area contributed by atoms with Crippen molar-refractivity contribution in [3.05, 3.63) is 0 Å². The fraction of sp³-hybridized carbons (Fsp3) is 0. The zero-order chi connectivity index (χ0) is 0. The van der Waals surface area contributed by atoms with Crippen molar-refractivity contribution in [2.45, 2.75) is 0 Å². The van der Waals surface area contributed by atoms with Crippen LogP contribution < -0.4 is 118 Å². The summed E-state index contributed by atoms with van der Waals surface area (Å²) in [6.07, 6.45) is 0. The van der Waals surface area contributed by atoms with Gasteiger partial charge in [0.25, 0.3) is 0 Å². The molecular formula is FeNa4+7. The van der Waals surface area contributed by atoms with E-state index < -0.39 is 0 Å². The van der Waals surface area contributed by atoms with Crippen LogP contribution in [0.25, 0.3) is 0 Å². The first kappa shape index (κ1) is 33.8. The molecule has 0 fully saturated rings. The molecule has 0 unspecified atom stereocenters. The minimum absolute atomic E-state index is 0. The molecule has 0 aliphatic heterocycles. The minimum atomic E-state index is 0.